The predicted molar refractivity (Wildman–Crippen MR) is 58.8 cm³/mol. The molecule has 0 amide bonds. The molecule has 1 aromatic rings. The van der Waals surface area contributed by atoms with Gasteiger partial charge in [0.15, 0.2) is 0 Å². The van der Waals surface area contributed by atoms with E-state index >= 15 is 0 Å². The van der Waals surface area contributed by atoms with Crippen molar-refractivity contribution in [3.8, 4) is 0 Å². The van der Waals surface area contributed by atoms with Crippen LogP contribution in [0, 0.1) is 0 Å². The predicted octanol–water partition coefficient (Wildman–Crippen LogP) is 0.736. The van der Waals surface area contributed by atoms with Crippen LogP contribution < -0.4 is 5.73 Å². The van der Waals surface area contributed by atoms with Gasteiger partial charge in [-0.3, -0.25) is 9.69 Å². The average molecular weight is 226 g/mol. The van der Waals surface area contributed by atoms with Crippen molar-refractivity contribution in [2.75, 3.05) is 13.1 Å². The molecular formula is C10H14N2O2S. The molecule has 2 heterocycles. The normalized spacial score (nSPS) is 27.0. The van der Waals surface area contributed by atoms with Gasteiger partial charge in [-0.1, -0.05) is 6.07 Å². The first kappa shape index (κ1) is 10.6. The lowest BCUT2D eigenvalue weighted by Gasteiger charge is -2.19. The van der Waals surface area contributed by atoms with Crippen molar-refractivity contribution in [3.63, 3.8) is 0 Å². The van der Waals surface area contributed by atoms with E-state index < -0.39 is 11.5 Å². The fraction of sp³-hybridized carbons (Fsp3) is 0.500. The highest BCUT2D eigenvalue weighted by molar-refractivity contribution is 7.09. The molecule has 2 rings (SSSR count). The Morgan fingerprint density at radius 2 is 2.53 bits per heavy atom. The topological polar surface area (TPSA) is 66.6 Å². The molecule has 0 spiro atoms. The van der Waals surface area contributed by atoms with Crippen molar-refractivity contribution >= 4 is 17.3 Å². The second-order valence-electron chi connectivity index (χ2n) is 4.00. The Morgan fingerprint density at radius 1 is 1.73 bits per heavy atom. The summed E-state index contributed by atoms with van der Waals surface area (Å²) in [7, 11) is 0. The molecule has 0 bridgehead atoms. The number of nitrogens with zero attached hydrogens (tertiary/aromatic N) is 1. The number of hydrogen-bond acceptors (Lipinski definition) is 4. The smallest absolute Gasteiger partial charge is 0.325 e. The Labute approximate surface area is 92.3 Å². The molecule has 3 N–H and O–H groups in total. The van der Waals surface area contributed by atoms with Crippen LogP contribution in [0.1, 0.15) is 11.3 Å². The maximum atomic E-state index is 10.9. The maximum Gasteiger partial charge on any atom is 0.325 e. The van der Waals surface area contributed by atoms with Crippen LogP contribution in [0.3, 0.4) is 0 Å². The van der Waals surface area contributed by atoms with Gasteiger partial charge >= 0.3 is 5.97 Å². The zero-order valence-corrected chi connectivity index (χ0v) is 9.17. The summed E-state index contributed by atoms with van der Waals surface area (Å²) in [6, 6.07) is 4.06. The van der Waals surface area contributed by atoms with Crippen LogP contribution in [0.2, 0.25) is 0 Å². The summed E-state index contributed by atoms with van der Waals surface area (Å²) in [5.74, 6) is -0.892. The summed E-state index contributed by atoms with van der Waals surface area (Å²) < 4.78 is 0. The quantitative estimate of drug-likeness (QED) is 0.797. The summed E-state index contributed by atoms with van der Waals surface area (Å²) in [4.78, 5) is 14.3. The third kappa shape index (κ3) is 2.19. The van der Waals surface area contributed by atoms with Crippen molar-refractivity contribution in [2.24, 2.45) is 5.73 Å². The molecular weight excluding hydrogens is 212 g/mol. The number of aliphatic carboxylic acids is 1. The van der Waals surface area contributed by atoms with E-state index in [2.05, 4.69) is 11.0 Å². The SMILES string of the molecule is NC1(C(=O)O)CCN(Cc2cccs2)C1. The maximum absolute atomic E-state index is 10.9. The van der Waals surface area contributed by atoms with Crippen LogP contribution in [0.5, 0.6) is 0 Å². The molecule has 15 heavy (non-hydrogen) atoms. The molecule has 82 valence electrons. The van der Waals surface area contributed by atoms with Crippen LogP contribution >= 0.6 is 11.3 Å². The third-order valence-corrected chi connectivity index (χ3v) is 3.63. The molecule has 1 aromatic heterocycles. The first-order valence-corrected chi connectivity index (χ1v) is 5.75. The summed E-state index contributed by atoms with van der Waals surface area (Å²) in [5.41, 5.74) is 4.74. The van der Waals surface area contributed by atoms with Crippen molar-refractivity contribution in [3.05, 3.63) is 22.4 Å². The van der Waals surface area contributed by atoms with Gasteiger partial charge in [0, 0.05) is 24.5 Å². The third-order valence-electron chi connectivity index (χ3n) is 2.77. The lowest BCUT2D eigenvalue weighted by molar-refractivity contribution is -0.142. The summed E-state index contributed by atoms with van der Waals surface area (Å²) in [5, 5.41) is 11.0. The molecule has 1 saturated heterocycles. The van der Waals surface area contributed by atoms with Crippen molar-refractivity contribution in [2.45, 2.75) is 18.5 Å². The van der Waals surface area contributed by atoms with Crippen LogP contribution in [0.15, 0.2) is 17.5 Å². The van der Waals surface area contributed by atoms with Crippen LogP contribution in [0.4, 0.5) is 0 Å². The lowest BCUT2D eigenvalue weighted by atomic mass is 10.0. The number of rotatable bonds is 3. The number of likely N-dealkylation sites (tertiary alicyclic amines) is 1. The Hall–Kier alpha value is -0.910. The van der Waals surface area contributed by atoms with E-state index in [0.29, 0.717) is 13.0 Å². The van der Waals surface area contributed by atoms with E-state index in [-0.39, 0.29) is 0 Å². The Bertz CT molecular complexity index is 352. The average Bonchev–Trinajstić information content (AvgIpc) is 2.77. The van der Waals surface area contributed by atoms with Gasteiger partial charge in [0.05, 0.1) is 0 Å². The minimum Gasteiger partial charge on any atom is -0.480 e. The monoisotopic (exact) mass is 226 g/mol. The fourth-order valence-corrected chi connectivity index (χ4v) is 2.59. The highest BCUT2D eigenvalue weighted by Crippen LogP contribution is 2.22. The number of nitrogens with two attached hydrogens (primary N) is 1. The molecule has 0 aliphatic carbocycles. The first-order chi connectivity index (χ1) is 7.10. The summed E-state index contributed by atoms with van der Waals surface area (Å²) in [6.45, 7) is 2.02. The number of carbonyl (C=O) groups is 1. The Kier molecular flexibility index (Phi) is 2.77. The van der Waals surface area contributed by atoms with E-state index in [1.165, 1.54) is 4.88 Å². The standard InChI is InChI=1S/C10H14N2O2S/c11-10(9(13)14)3-4-12(7-10)6-8-2-1-5-15-8/h1-2,5H,3-4,6-7,11H2,(H,13,14). The fourth-order valence-electron chi connectivity index (χ4n) is 1.85. The highest BCUT2D eigenvalue weighted by atomic mass is 32.1. The van der Waals surface area contributed by atoms with Gasteiger partial charge in [-0.25, -0.2) is 0 Å². The van der Waals surface area contributed by atoms with Crippen LogP contribution in [-0.2, 0) is 11.3 Å². The van der Waals surface area contributed by atoms with Gasteiger partial charge in [-0.2, -0.15) is 0 Å². The van der Waals surface area contributed by atoms with Gasteiger partial charge in [0.25, 0.3) is 0 Å². The number of carboxylic acids is 1. The minimum absolute atomic E-state index is 0.445. The molecule has 1 fully saturated rings. The molecule has 0 aromatic carbocycles. The second-order valence-corrected chi connectivity index (χ2v) is 5.03. The minimum atomic E-state index is -1.04. The van der Waals surface area contributed by atoms with E-state index in [4.69, 9.17) is 10.8 Å². The van der Waals surface area contributed by atoms with Crippen molar-refractivity contribution in [1.82, 2.24) is 4.90 Å². The zero-order valence-electron chi connectivity index (χ0n) is 8.35. The van der Waals surface area contributed by atoms with Crippen molar-refractivity contribution in [1.29, 1.82) is 0 Å². The highest BCUT2D eigenvalue weighted by Gasteiger charge is 2.41. The molecule has 0 saturated carbocycles. The number of carboxylic acid groups (broad SMARTS) is 1. The van der Waals surface area contributed by atoms with Crippen LogP contribution in [0.25, 0.3) is 0 Å². The lowest BCUT2D eigenvalue weighted by Crippen LogP contribution is -2.49. The van der Waals surface area contributed by atoms with E-state index in [9.17, 15) is 4.79 Å². The van der Waals surface area contributed by atoms with Crippen molar-refractivity contribution < 1.29 is 9.90 Å². The Morgan fingerprint density at radius 3 is 3.07 bits per heavy atom. The number of hydrogen-bond donors (Lipinski definition) is 2. The largest absolute Gasteiger partial charge is 0.480 e. The molecule has 1 aliphatic heterocycles. The molecule has 4 nitrogen and oxygen atoms in total. The zero-order chi connectivity index (χ0) is 10.9. The van der Waals surface area contributed by atoms with Gasteiger partial charge < -0.3 is 10.8 Å². The van der Waals surface area contributed by atoms with Gasteiger partial charge in [-0.05, 0) is 17.9 Å². The number of thiophene rings is 1. The molecule has 1 aliphatic rings. The summed E-state index contributed by atoms with van der Waals surface area (Å²) in [6.07, 6.45) is 0.535. The second kappa shape index (κ2) is 3.92. The molecule has 0 radical (unpaired) electrons. The van der Waals surface area contributed by atoms with Gasteiger partial charge in [0.1, 0.15) is 5.54 Å². The van der Waals surface area contributed by atoms with Gasteiger partial charge in [-0.15, -0.1) is 11.3 Å². The first-order valence-electron chi connectivity index (χ1n) is 4.87. The molecule has 1 atom stereocenters. The molecule has 1 unspecified atom stereocenters. The molecule has 5 heteroatoms. The summed E-state index contributed by atoms with van der Waals surface area (Å²) >= 11 is 1.69. The van der Waals surface area contributed by atoms with Gasteiger partial charge in [0.2, 0.25) is 0 Å². The van der Waals surface area contributed by atoms with E-state index in [1.54, 1.807) is 11.3 Å². The van der Waals surface area contributed by atoms with Crippen LogP contribution in [-0.4, -0.2) is 34.6 Å². The Balaban J connectivity index is 1.96. The van der Waals surface area contributed by atoms with E-state index in [0.717, 1.165) is 13.1 Å². The van der Waals surface area contributed by atoms with E-state index in [1.807, 2.05) is 11.4 Å².